The lowest BCUT2D eigenvalue weighted by Gasteiger charge is -2.38. The number of aromatic nitrogens is 2. The predicted molar refractivity (Wildman–Crippen MR) is 79.4 cm³/mol. The van der Waals surface area contributed by atoms with Crippen LogP contribution in [0.25, 0.3) is 0 Å². The number of rotatable bonds is 6. The maximum absolute atomic E-state index is 12.8. The first-order chi connectivity index (χ1) is 9.93. The van der Waals surface area contributed by atoms with Crippen LogP contribution in [0, 0.1) is 0 Å². The summed E-state index contributed by atoms with van der Waals surface area (Å²) in [6, 6.07) is 0. The molecular weight excluding hydrogens is 292 g/mol. The second kappa shape index (κ2) is 6.43. The molecule has 2 N–H and O–H groups in total. The van der Waals surface area contributed by atoms with Crippen molar-refractivity contribution in [2.24, 2.45) is 0 Å². The number of aromatic amines is 1. The quantitative estimate of drug-likeness (QED) is 0.807. The molecule has 1 aliphatic rings. The molecular formula is C13H24N4O3S. The van der Waals surface area contributed by atoms with E-state index in [0.29, 0.717) is 25.2 Å². The molecule has 1 fully saturated rings. The molecule has 2 rings (SSSR count). The maximum atomic E-state index is 12.8. The normalized spacial score (nSPS) is 24.3. The summed E-state index contributed by atoms with van der Waals surface area (Å²) in [5.74, 6) is 0. The number of sulfonamides is 1. The van der Waals surface area contributed by atoms with Gasteiger partial charge in [0, 0.05) is 32.3 Å². The molecule has 2 heterocycles. The third kappa shape index (κ3) is 3.45. The first-order valence-corrected chi connectivity index (χ1v) is 8.65. The van der Waals surface area contributed by atoms with Crippen LogP contribution in [0.4, 0.5) is 0 Å². The van der Waals surface area contributed by atoms with Gasteiger partial charge in [0.15, 0.2) is 5.03 Å². The number of hydrogen-bond donors (Lipinski definition) is 2. The average Bonchev–Trinajstić information content (AvgIpc) is 2.94. The highest BCUT2D eigenvalue weighted by atomic mass is 32.2. The van der Waals surface area contributed by atoms with Gasteiger partial charge >= 0.3 is 0 Å². The van der Waals surface area contributed by atoms with E-state index < -0.39 is 15.6 Å². The van der Waals surface area contributed by atoms with Crippen molar-refractivity contribution in [1.82, 2.24) is 19.8 Å². The van der Waals surface area contributed by atoms with E-state index >= 15 is 0 Å². The van der Waals surface area contributed by atoms with E-state index in [0.717, 1.165) is 19.4 Å². The summed E-state index contributed by atoms with van der Waals surface area (Å²) in [5, 5.41) is 9.84. The van der Waals surface area contributed by atoms with Crippen LogP contribution < -0.4 is 5.32 Å². The van der Waals surface area contributed by atoms with Gasteiger partial charge in [0.1, 0.15) is 0 Å². The molecule has 0 saturated carbocycles. The molecule has 1 aromatic heterocycles. The predicted octanol–water partition coefficient (Wildman–Crippen LogP) is 0.709. The fraction of sp³-hybridized carbons (Fsp3) is 0.769. The fourth-order valence-corrected chi connectivity index (χ4v) is 4.26. The molecule has 1 atom stereocenters. The Morgan fingerprint density at radius 1 is 1.57 bits per heavy atom. The summed E-state index contributed by atoms with van der Waals surface area (Å²) in [5.41, 5.74) is 0.245. The Morgan fingerprint density at radius 2 is 2.33 bits per heavy atom. The van der Waals surface area contributed by atoms with E-state index in [2.05, 4.69) is 15.5 Å². The van der Waals surface area contributed by atoms with Gasteiger partial charge in [0.2, 0.25) is 0 Å². The number of hydrogen-bond acceptors (Lipinski definition) is 5. The summed E-state index contributed by atoms with van der Waals surface area (Å²) >= 11 is 0. The van der Waals surface area contributed by atoms with Crippen molar-refractivity contribution in [2.75, 3.05) is 26.7 Å². The minimum Gasteiger partial charge on any atom is -0.377 e. The van der Waals surface area contributed by atoms with Crippen molar-refractivity contribution < 1.29 is 13.2 Å². The van der Waals surface area contributed by atoms with Gasteiger partial charge in [-0.1, -0.05) is 6.92 Å². The third-order valence-corrected chi connectivity index (χ3v) is 5.82. The van der Waals surface area contributed by atoms with E-state index in [1.807, 2.05) is 13.8 Å². The zero-order valence-corrected chi connectivity index (χ0v) is 13.7. The highest BCUT2D eigenvalue weighted by molar-refractivity contribution is 7.89. The number of nitrogens with zero attached hydrogens (tertiary/aromatic N) is 2. The molecule has 0 radical (unpaired) electrons. The van der Waals surface area contributed by atoms with Gasteiger partial charge in [-0.25, -0.2) is 8.42 Å². The summed E-state index contributed by atoms with van der Waals surface area (Å²) in [6.07, 6.45) is 3.22. The van der Waals surface area contributed by atoms with Crippen LogP contribution in [0.2, 0.25) is 0 Å². The van der Waals surface area contributed by atoms with Crippen LogP contribution in [0.15, 0.2) is 11.2 Å². The number of H-pyrrole nitrogens is 1. The lowest BCUT2D eigenvalue weighted by Crippen LogP contribution is -2.49. The summed E-state index contributed by atoms with van der Waals surface area (Å²) in [6.45, 7) is 6.06. The summed E-state index contributed by atoms with van der Waals surface area (Å²) < 4.78 is 32.6. The van der Waals surface area contributed by atoms with Crippen molar-refractivity contribution in [2.45, 2.75) is 43.9 Å². The van der Waals surface area contributed by atoms with Crippen molar-refractivity contribution in [3.63, 3.8) is 0 Å². The number of piperidine rings is 1. The van der Waals surface area contributed by atoms with Crippen LogP contribution in [-0.4, -0.2) is 55.3 Å². The number of methoxy groups -OCH3 is 1. The van der Waals surface area contributed by atoms with Crippen molar-refractivity contribution >= 4 is 10.0 Å². The van der Waals surface area contributed by atoms with Gasteiger partial charge in [-0.05, 0) is 26.3 Å². The minimum absolute atomic E-state index is 0.184. The van der Waals surface area contributed by atoms with Gasteiger partial charge in [-0.2, -0.15) is 9.40 Å². The minimum atomic E-state index is -3.57. The first kappa shape index (κ1) is 16.4. The van der Waals surface area contributed by atoms with E-state index in [1.165, 1.54) is 4.31 Å². The molecule has 1 saturated heterocycles. The Bertz CT molecular complexity index is 572. The first-order valence-electron chi connectivity index (χ1n) is 7.21. The Morgan fingerprint density at radius 3 is 3.00 bits per heavy atom. The topological polar surface area (TPSA) is 87.3 Å². The molecule has 0 bridgehead atoms. The number of ether oxygens (including phenoxy) is 1. The lowest BCUT2D eigenvalue weighted by atomic mass is 9.96. The largest absolute Gasteiger partial charge is 0.377 e. The molecule has 21 heavy (non-hydrogen) atoms. The highest BCUT2D eigenvalue weighted by Gasteiger charge is 2.38. The maximum Gasteiger partial charge on any atom is 0.260 e. The molecule has 0 aliphatic carbocycles. The second-order valence-corrected chi connectivity index (χ2v) is 7.48. The molecule has 8 heteroatoms. The smallest absolute Gasteiger partial charge is 0.260 e. The molecule has 120 valence electrons. The van der Waals surface area contributed by atoms with E-state index in [4.69, 9.17) is 4.74 Å². The van der Waals surface area contributed by atoms with Crippen LogP contribution in [-0.2, 0) is 21.3 Å². The molecule has 1 aromatic rings. The zero-order valence-electron chi connectivity index (χ0n) is 12.8. The molecule has 1 aliphatic heterocycles. The van der Waals surface area contributed by atoms with E-state index in [1.54, 1.807) is 13.3 Å². The van der Waals surface area contributed by atoms with Crippen LogP contribution >= 0.6 is 0 Å². The van der Waals surface area contributed by atoms with Gasteiger partial charge in [0.25, 0.3) is 10.0 Å². The summed E-state index contributed by atoms with van der Waals surface area (Å²) in [7, 11) is -1.94. The Labute approximate surface area is 126 Å². The summed E-state index contributed by atoms with van der Waals surface area (Å²) in [4.78, 5) is 0. The van der Waals surface area contributed by atoms with Gasteiger partial charge in [-0.15, -0.1) is 0 Å². The monoisotopic (exact) mass is 316 g/mol. The van der Waals surface area contributed by atoms with Gasteiger partial charge in [0.05, 0.1) is 11.8 Å². The Kier molecular flexibility index (Phi) is 5.03. The molecule has 0 aromatic carbocycles. The standard InChI is InChI=1S/C13H24N4O3S/c1-4-14-8-11-9-15-16-12(11)21(18,19)17-7-5-6-13(2,10-17)20-3/h9,14H,4-8,10H2,1-3H3,(H,15,16). The van der Waals surface area contributed by atoms with Crippen LogP contribution in [0.5, 0.6) is 0 Å². The van der Waals surface area contributed by atoms with Crippen LogP contribution in [0.1, 0.15) is 32.3 Å². The van der Waals surface area contributed by atoms with Gasteiger partial charge < -0.3 is 10.1 Å². The van der Waals surface area contributed by atoms with E-state index in [-0.39, 0.29) is 5.03 Å². The molecule has 7 nitrogen and oxygen atoms in total. The van der Waals surface area contributed by atoms with Crippen molar-refractivity contribution in [3.8, 4) is 0 Å². The highest BCUT2D eigenvalue weighted by Crippen LogP contribution is 2.28. The molecule has 0 spiro atoms. The molecule has 0 amide bonds. The van der Waals surface area contributed by atoms with Crippen molar-refractivity contribution in [3.05, 3.63) is 11.8 Å². The fourth-order valence-electron chi connectivity index (χ4n) is 2.57. The lowest BCUT2D eigenvalue weighted by molar-refractivity contribution is -0.0319. The van der Waals surface area contributed by atoms with Crippen LogP contribution in [0.3, 0.4) is 0 Å². The SMILES string of the molecule is CCNCc1cn[nH]c1S(=O)(=O)N1CCCC(C)(OC)C1. The number of nitrogens with one attached hydrogen (secondary N) is 2. The zero-order chi connectivity index (χ0) is 15.5. The second-order valence-electron chi connectivity index (χ2n) is 5.60. The molecule has 1 unspecified atom stereocenters. The Hall–Kier alpha value is -0.960. The van der Waals surface area contributed by atoms with Crippen molar-refractivity contribution in [1.29, 1.82) is 0 Å². The third-order valence-electron chi connectivity index (χ3n) is 3.96. The Balaban J connectivity index is 2.24. The van der Waals surface area contributed by atoms with Gasteiger partial charge in [-0.3, -0.25) is 5.10 Å². The average molecular weight is 316 g/mol. The van der Waals surface area contributed by atoms with E-state index in [9.17, 15) is 8.42 Å².